The molecule has 0 fully saturated rings. The van der Waals surface area contributed by atoms with E-state index in [0.29, 0.717) is 6.42 Å². The molecule has 29 heavy (non-hydrogen) atoms. The van der Waals surface area contributed by atoms with Gasteiger partial charge >= 0.3 is 13.6 Å². The smallest absolute Gasteiger partial charge is 0.344 e. The van der Waals surface area contributed by atoms with Crippen LogP contribution in [0.3, 0.4) is 0 Å². The molecule has 6 nitrogen and oxygen atoms in total. The van der Waals surface area contributed by atoms with Gasteiger partial charge in [-0.2, -0.15) is 0 Å². The molecule has 1 atom stereocenters. The summed E-state index contributed by atoms with van der Waals surface area (Å²) in [6, 6.07) is 17.5. The second kappa shape index (κ2) is 9.99. The quantitative estimate of drug-likeness (QED) is 0.326. The highest BCUT2D eigenvalue weighted by atomic mass is 31.2. The first-order valence-electron chi connectivity index (χ1n) is 9.45. The Morgan fingerprint density at radius 2 is 1.69 bits per heavy atom. The van der Waals surface area contributed by atoms with Crippen molar-refractivity contribution in [1.29, 1.82) is 0 Å². The summed E-state index contributed by atoms with van der Waals surface area (Å²) in [5, 5.41) is 1.52. The third kappa shape index (κ3) is 6.94. The molecule has 0 bridgehead atoms. The molecule has 0 spiro atoms. The van der Waals surface area contributed by atoms with Gasteiger partial charge < -0.3 is 14.5 Å². The lowest BCUT2D eigenvalue weighted by Crippen LogP contribution is -2.45. The van der Waals surface area contributed by atoms with Gasteiger partial charge in [-0.15, -0.1) is 0 Å². The fourth-order valence-electron chi connectivity index (χ4n) is 2.81. The van der Waals surface area contributed by atoms with E-state index in [2.05, 4.69) is 5.32 Å². The van der Waals surface area contributed by atoms with Gasteiger partial charge in [-0.1, -0.05) is 60.7 Å². The van der Waals surface area contributed by atoms with Gasteiger partial charge in [0.05, 0.1) is 6.61 Å². The largest absolute Gasteiger partial charge is 0.463 e. The van der Waals surface area contributed by atoms with Crippen LogP contribution in [0.2, 0.25) is 0 Å². The van der Waals surface area contributed by atoms with E-state index < -0.39 is 24.9 Å². The van der Waals surface area contributed by atoms with E-state index in [1.807, 2.05) is 54.6 Å². The Hall–Kier alpha value is -2.24. The number of benzene rings is 2. The van der Waals surface area contributed by atoms with Gasteiger partial charge in [-0.05, 0) is 43.9 Å². The summed E-state index contributed by atoms with van der Waals surface area (Å²) in [6.07, 6.45) is 3.32. The van der Waals surface area contributed by atoms with Gasteiger partial charge in [0.2, 0.25) is 0 Å². The maximum atomic E-state index is 11.8. The minimum Gasteiger partial charge on any atom is -0.463 e. The molecule has 7 heteroatoms. The van der Waals surface area contributed by atoms with E-state index in [1.54, 1.807) is 13.0 Å². The standard InChI is InChI=1S/C22H28NO5P/c1-4-28-21(24)15-14-20(23-22(2,3)29(25,26)27)16-17-10-12-19(13-11-17)18-8-6-5-7-9-18/h5-15,20,23H,4,16H2,1-3H3,(H2,25,26,27). The third-order valence-electron chi connectivity index (χ3n) is 4.53. The van der Waals surface area contributed by atoms with Crippen LogP contribution in [0.5, 0.6) is 0 Å². The molecule has 0 amide bonds. The van der Waals surface area contributed by atoms with Crippen molar-refractivity contribution in [3.05, 3.63) is 72.3 Å². The Bertz CT molecular complexity index is 872. The van der Waals surface area contributed by atoms with Crippen LogP contribution in [0.25, 0.3) is 11.1 Å². The second-order valence-electron chi connectivity index (χ2n) is 7.23. The summed E-state index contributed by atoms with van der Waals surface area (Å²) in [6.45, 7) is 4.86. The Balaban J connectivity index is 2.20. The van der Waals surface area contributed by atoms with Gasteiger partial charge in [0.15, 0.2) is 0 Å². The van der Waals surface area contributed by atoms with Gasteiger partial charge in [0, 0.05) is 12.1 Å². The summed E-state index contributed by atoms with van der Waals surface area (Å²) < 4.78 is 16.7. The lowest BCUT2D eigenvalue weighted by Gasteiger charge is -2.31. The second-order valence-corrected chi connectivity index (χ2v) is 9.44. The van der Waals surface area contributed by atoms with Crippen molar-refractivity contribution >= 4 is 13.6 Å². The summed E-state index contributed by atoms with van der Waals surface area (Å²) in [5.41, 5.74) is 3.16. The summed E-state index contributed by atoms with van der Waals surface area (Å²) >= 11 is 0. The maximum absolute atomic E-state index is 11.8. The van der Waals surface area contributed by atoms with Gasteiger partial charge in [0.1, 0.15) is 5.28 Å². The topological polar surface area (TPSA) is 95.9 Å². The molecular formula is C22H28NO5P. The summed E-state index contributed by atoms with van der Waals surface area (Å²) in [5.74, 6) is -0.493. The molecule has 0 saturated carbocycles. The molecule has 2 rings (SSSR count). The van der Waals surface area contributed by atoms with Crippen LogP contribution < -0.4 is 5.32 Å². The average Bonchev–Trinajstić information content (AvgIpc) is 2.66. The number of carbonyl (C=O) groups is 1. The number of rotatable bonds is 9. The molecule has 0 heterocycles. The lowest BCUT2D eigenvalue weighted by molar-refractivity contribution is -0.137. The molecular weight excluding hydrogens is 389 g/mol. The SMILES string of the molecule is CCOC(=O)C=CC(Cc1ccc(-c2ccccc2)cc1)NC(C)(C)P(=O)(O)O. The van der Waals surface area contributed by atoms with Crippen LogP contribution in [0.1, 0.15) is 26.3 Å². The predicted molar refractivity (Wildman–Crippen MR) is 114 cm³/mol. The Morgan fingerprint density at radius 1 is 1.10 bits per heavy atom. The molecule has 3 N–H and O–H groups in total. The van der Waals surface area contributed by atoms with Crippen molar-refractivity contribution in [2.75, 3.05) is 6.61 Å². The minimum absolute atomic E-state index is 0.260. The molecule has 0 aliphatic carbocycles. The Labute approximate surface area is 171 Å². The van der Waals surface area contributed by atoms with E-state index in [9.17, 15) is 19.1 Å². The maximum Gasteiger partial charge on any atom is 0.344 e. The normalized spacial score (nSPS) is 13.4. The molecule has 0 radical (unpaired) electrons. The summed E-state index contributed by atoms with van der Waals surface area (Å²) in [4.78, 5) is 30.9. The monoisotopic (exact) mass is 417 g/mol. The zero-order valence-electron chi connectivity index (χ0n) is 16.9. The first kappa shape index (κ1) is 23.0. The zero-order valence-corrected chi connectivity index (χ0v) is 17.8. The van der Waals surface area contributed by atoms with Crippen molar-refractivity contribution in [3.8, 4) is 11.1 Å². The van der Waals surface area contributed by atoms with E-state index in [0.717, 1.165) is 16.7 Å². The van der Waals surface area contributed by atoms with Crippen molar-refractivity contribution in [3.63, 3.8) is 0 Å². The van der Waals surface area contributed by atoms with Crippen LogP contribution in [0, 0.1) is 0 Å². The molecule has 0 saturated heterocycles. The highest BCUT2D eigenvalue weighted by molar-refractivity contribution is 7.53. The molecule has 156 valence electrons. The van der Waals surface area contributed by atoms with Gasteiger partial charge in [-0.25, -0.2) is 4.79 Å². The van der Waals surface area contributed by atoms with Crippen molar-refractivity contribution in [1.82, 2.24) is 5.32 Å². The zero-order chi connectivity index (χ0) is 21.5. The average molecular weight is 417 g/mol. The number of carbonyl (C=O) groups excluding carboxylic acids is 1. The lowest BCUT2D eigenvalue weighted by atomic mass is 10.00. The molecule has 1 unspecified atom stereocenters. The van der Waals surface area contributed by atoms with Crippen LogP contribution in [0.4, 0.5) is 0 Å². The highest BCUT2D eigenvalue weighted by Crippen LogP contribution is 2.48. The number of hydrogen-bond acceptors (Lipinski definition) is 4. The first-order valence-corrected chi connectivity index (χ1v) is 11.1. The van der Waals surface area contributed by atoms with Crippen LogP contribution >= 0.6 is 7.60 Å². The molecule has 2 aromatic carbocycles. The molecule has 0 aliphatic rings. The molecule has 2 aromatic rings. The summed E-state index contributed by atoms with van der Waals surface area (Å²) in [7, 11) is -4.40. The van der Waals surface area contributed by atoms with E-state index >= 15 is 0 Å². The Morgan fingerprint density at radius 3 is 2.24 bits per heavy atom. The molecule has 0 aromatic heterocycles. The van der Waals surface area contributed by atoms with Crippen LogP contribution in [0.15, 0.2) is 66.7 Å². The Kier molecular flexibility index (Phi) is 7.94. The van der Waals surface area contributed by atoms with Gasteiger partial charge in [0.25, 0.3) is 0 Å². The number of esters is 1. The van der Waals surface area contributed by atoms with Crippen LogP contribution in [-0.2, 0) is 20.5 Å². The van der Waals surface area contributed by atoms with E-state index in [-0.39, 0.29) is 6.61 Å². The van der Waals surface area contributed by atoms with Crippen LogP contribution in [-0.4, -0.2) is 33.7 Å². The number of ether oxygens (including phenoxy) is 1. The van der Waals surface area contributed by atoms with E-state index in [4.69, 9.17) is 4.74 Å². The first-order chi connectivity index (χ1) is 13.6. The van der Waals surface area contributed by atoms with Gasteiger partial charge in [-0.3, -0.25) is 9.88 Å². The number of hydrogen-bond donors (Lipinski definition) is 3. The number of nitrogens with one attached hydrogen (secondary N) is 1. The molecule has 0 aliphatic heterocycles. The van der Waals surface area contributed by atoms with Crippen molar-refractivity contribution in [2.24, 2.45) is 0 Å². The van der Waals surface area contributed by atoms with Crippen molar-refractivity contribution < 1.29 is 23.9 Å². The fourth-order valence-corrected chi connectivity index (χ4v) is 3.14. The van der Waals surface area contributed by atoms with E-state index in [1.165, 1.54) is 19.9 Å². The minimum atomic E-state index is -4.40. The highest BCUT2D eigenvalue weighted by Gasteiger charge is 2.38. The van der Waals surface area contributed by atoms with Crippen molar-refractivity contribution in [2.45, 2.75) is 38.5 Å². The predicted octanol–water partition coefficient (Wildman–Crippen LogP) is 3.89. The fraction of sp³-hybridized carbons (Fsp3) is 0.318. The third-order valence-corrected chi connectivity index (χ3v) is 6.12.